The Kier molecular flexibility index (Phi) is 27.0. The molecule has 123 heavy (non-hydrogen) atoms. The zero-order valence-corrected chi connectivity index (χ0v) is 68.4. The lowest BCUT2D eigenvalue weighted by molar-refractivity contribution is -0.334. The van der Waals surface area contributed by atoms with Crippen LogP contribution in [0, 0.1) is 5.92 Å². The molecule has 8 aliphatic heterocycles. The van der Waals surface area contributed by atoms with Gasteiger partial charge in [-0.2, -0.15) is 0 Å². The number of aliphatic hydroxyl groups excluding tert-OH is 6. The Hall–Kier alpha value is -11.2. The van der Waals surface area contributed by atoms with Crippen molar-refractivity contribution in [3.8, 4) is 68.2 Å². The van der Waals surface area contributed by atoms with Crippen molar-refractivity contribution in [3.05, 3.63) is 178 Å². The highest BCUT2D eigenvalue weighted by atomic mass is 35.5. The second-order valence-electron chi connectivity index (χ2n) is 32.4. The number of carbonyl (C=O) groups is 8. The number of halogens is 1. The number of likely N-dealkylation sites (N-methyl/N-ethyl adjacent to an activating group) is 1. The van der Waals surface area contributed by atoms with Crippen molar-refractivity contribution in [2.45, 2.75) is 207 Å². The molecule has 3 fully saturated rings. The number of phenolic OH excluding ortho intramolecular Hbond substituents is 3. The highest BCUT2D eigenvalue weighted by molar-refractivity contribution is 6.32. The van der Waals surface area contributed by atoms with E-state index in [1.54, 1.807) is 13.8 Å². The molecule has 7 aromatic rings. The number of amides is 7. The van der Waals surface area contributed by atoms with Gasteiger partial charge in [0.15, 0.2) is 36.2 Å². The Morgan fingerprint density at radius 2 is 1.28 bits per heavy atom. The quantitative estimate of drug-likeness (QED) is 0.0553. The number of carboxylic acids is 1. The summed E-state index contributed by atoms with van der Waals surface area (Å²) < 4.78 is 52.9. The number of aliphatic carboxylic acids is 1. The van der Waals surface area contributed by atoms with E-state index in [1.165, 1.54) is 63.4 Å². The first-order valence-corrected chi connectivity index (χ1v) is 40.2. The molecule has 15 rings (SSSR count). The van der Waals surface area contributed by atoms with Crippen molar-refractivity contribution >= 4 is 58.9 Å². The Morgan fingerprint density at radius 3 is 1.93 bits per heavy atom. The summed E-state index contributed by atoms with van der Waals surface area (Å²) in [7, 11) is 1.48. The molecule has 0 radical (unpaired) electrons. The molecule has 7 aromatic carbocycles. The second-order valence-corrected chi connectivity index (χ2v) is 32.8. The summed E-state index contributed by atoms with van der Waals surface area (Å²) in [5.74, 6) is -16.0. The number of benzene rings is 7. The van der Waals surface area contributed by atoms with Crippen LogP contribution in [0.15, 0.2) is 140 Å². The van der Waals surface area contributed by atoms with Gasteiger partial charge in [0.2, 0.25) is 53.4 Å². The summed E-state index contributed by atoms with van der Waals surface area (Å²) in [4.78, 5) is 121. The molecule has 0 saturated carbocycles. The first-order chi connectivity index (χ1) is 58.4. The summed E-state index contributed by atoms with van der Waals surface area (Å²) >= 11 is 7.23. The second kappa shape index (κ2) is 37.1. The van der Waals surface area contributed by atoms with E-state index in [1.807, 2.05) is 68.4 Å². The van der Waals surface area contributed by atoms with Gasteiger partial charge in [0.1, 0.15) is 89.5 Å². The Bertz CT molecular complexity index is 5110. The Labute approximate surface area is 709 Å². The molecule has 36 nitrogen and oxygen atoms in total. The molecule has 22 atom stereocenters. The number of nitrogens with one attached hydrogen (secondary N) is 8. The fourth-order valence-corrected chi connectivity index (χ4v) is 16.4. The lowest BCUT2D eigenvalue weighted by Gasteiger charge is -2.48. The first kappa shape index (κ1) is 89.6. The first-order valence-electron chi connectivity index (χ1n) is 39.9. The summed E-state index contributed by atoms with van der Waals surface area (Å²) in [5.41, 5.74) is 9.57. The van der Waals surface area contributed by atoms with Crippen molar-refractivity contribution in [3.63, 3.8) is 0 Å². The van der Waals surface area contributed by atoms with Crippen LogP contribution in [-0.2, 0) is 68.6 Å². The van der Waals surface area contributed by atoms with E-state index >= 15 is 24.0 Å². The minimum absolute atomic E-state index is 0.0474. The molecular weight excluding hydrogens is 1620 g/mol. The monoisotopic (exact) mass is 1720 g/mol. The van der Waals surface area contributed by atoms with Crippen LogP contribution in [0.3, 0.4) is 0 Å². The fraction of sp³-hybridized carbons (Fsp3) is 0.419. The zero-order chi connectivity index (χ0) is 88.5. The van der Waals surface area contributed by atoms with Crippen molar-refractivity contribution in [1.29, 1.82) is 0 Å². The van der Waals surface area contributed by atoms with Crippen molar-refractivity contribution in [1.82, 2.24) is 42.5 Å². The standard InChI is InChI=1S/C86H99ClN10O26/c1-37(2)26-51(90-7)77(108)96-67-69(103)44-22-25-55(50(87)27-44)119-57-29-45-28-56(73(57)123-84-74(71(105)70(104)58(36-98)120-84)122-61-34-86(6,76(107)39(4)117-61)91-35-40-16-18-42(19-17-40)41-12-9-8-10-13-41)118-47-23-20-43(21-24-47)72(121-60-33-85(5,89)75(106)38(3)116-60)68-82(113)95-66(83(114)115)49-30-46(99)31-54(101)63(49)62-48(14-11-15-53(62)100)65(80(111)97-68)94-79(110)64(45)93-78(109)52(32-59(88)102)92-81(67)112/h8-25,27-31,37-39,51-52,58,60-61,64-72,74-76,84,90-91,98-101,103-107H,26,32-36,89H2,1-7H3,(H2,88,102)(H,92,112)(H,93,109)(H,94,110)(H,95,113)(H,96,108)(H,97,111)(H,114,115)/t38-,39+,51?,52?,58-,60-,61+,64?,65?,66?,67?,68?,69?,70-,71+,72?,74-,75-,76-,84+,85?,86+/m1/s1. The van der Waals surface area contributed by atoms with Gasteiger partial charge in [-0.05, 0) is 135 Å². The number of carboxylic acid groups (broad SMARTS) is 1. The maximum atomic E-state index is 16.6. The molecule has 656 valence electrons. The predicted molar refractivity (Wildman–Crippen MR) is 435 cm³/mol. The third-order valence-corrected chi connectivity index (χ3v) is 23.1. The van der Waals surface area contributed by atoms with Crippen molar-refractivity contribution in [2.24, 2.45) is 17.4 Å². The minimum atomic E-state index is -2.41. The number of nitrogens with two attached hydrogens (primary N) is 2. The van der Waals surface area contributed by atoms with Crippen LogP contribution in [-0.4, -0.2) is 215 Å². The normalized spacial score (nSPS) is 30.0. The number of aromatic hydroxyl groups is 3. The summed E-state index contributed by atoms with van der Waals surface area (Å²) in [6.07, 6.45) is -22.5. The average molecular weight is 1720 g/mol. The minimum Gasteiger partial charge on any atom is -0.508 e. The average Bonchev–Trinajstić information content (AvgIpc) is 1.73. The molecular formula is C86H99ClN10O26. The Balaban J connectivity index is 1.02. The summed E-state index contributed by atoms with van der Waals surface area (Å²) in [5, 5.41) is 139. The lowest BCUT2D eigenvalue weighted by atomic mass is 9.84. The molecule has 0 spiro atoms. The number of hydrogen-bond acceptors (Lipinski definition) is 28. The van der Waals surface area contributed by atoms with Crippen LogP contribution >= 0.6 is 11.6 Å². The van der Waals surface area contributed by atoms with E-state index in [0.717, 1.165) is 59.2 Å². The van der Waals surface area contributed by atoms with E-state index in [9.17, 15) is 65.4 Å². The van der Waals surface area contributed by atoms with Crippen LogP contribution in [0.25, 0.3) is 22.3 Å². The molecule has 8 heterocycles. The van der Waals surface area contributed by atoms with Gasteiger partial charge in [0.25, 0.3) is 0 Å². The molecule has 8 aliphatic rings. The van der Waals surface area contributed by atoms with Gasteiger partial charge in [-0.15, -0.1) is 0 Å². The van der Waals surface area contributed by atoms with E-state index in [-0.39, 0.29) is 59.4 Å². The number of ether oxygens (including phenoxy) is 8. The number of hydrogen-bond donors (Lipinski definition) is 20. The zero-order valence-electron chi connectivity index (χ0n) is 67.7. The van der Waals surface area contributed by atoms with E-state index in [2.05, 4.69) is 42.5 Å². The highest BCUT2D eigenvalue weighted by Gasteiger charge is 2.53. The van der Waals surface area contributed by atoms with Crippen LogP contribution in [0.4, 0.5) is 0 Å². The number of aliphatic hydroxyl groups is 6. The molecule has 10 unspecified atom stereocenters. The summed E-state index contributed by atoms with van der Waals surface area (Å²) in [6, 6.07) is 18.9. The van der Waals surface area contributed by atoms with Crippen molar-refractivity contribution in [2.75, 3.05) is 13.7 Å². The molecule has 7 amide bonds. The summed E-state index contributed by atoms with van der Waals surface area (Å²) in [6.45, 7) is 9.18. The lowest BCUT2D eigenvalue weighted by Crippen LogP contribution is -2.65. The van der Waals surface area contributed by atoms with E-state index < -0.39 is 256 Å². The van der Waals surface area contributed by atoms with Crippen LogP contribution < -0.4 is 68.2 Å². The number of phenols is 3. The molecule has 37 heteroatoms. The van der Waals surface area contributed by atoms with Crippen LogP contribution in [0.5, 0.6) is 46.0 Å². The van der Waals surface area contributed by atoms with Gasteiger partial charge in [-0.3, -0.25) is 33.6 Å². The molecule has 0 aliphatic carbocycles. The number of primary amides is 1. The SMILES string of the molecule is CNC(CC(C)C)C(=O)NC1C(=O)NC(CC(N)=O)C(=O)NC2C(=O)NC3C(=O)NC(C(=O)NC(C(=O)O)c4cc(O)cc(O)c4-c4c(O)cccc43)C(O[C@@H]3CC(C)(N)[C@H](O)[C@@H](C)O3)c3ccc(cc3)Oc3cc2cc(c3O[C@@H]2O[C@H](CO)[C@@H](O)[C@H](O)[C@H]2O[C@H]2C[C@](C)(NCc3ccc(-c4ccccc4)cc3)[C@H](O)[C@H](C)O2)Oc2ccc(cc2Cl)C1O. The van der Waals surface area contributed by atoms with Gasteiger partial charge in [0.05, 0.1) is 48.5 Å². The molecule has 9 bridgehead atoms. The predicted octanol–water partition coefficient (Wildman–Crippen LogP) is 3.19. The highest BCUT2D eigenvalue weighted by Crippen LogP contribution is 2.51. The third kappa shape index (κ3) is 19.4. The van der Waals surface area contributed by atoms with Crippen LogP contribution in [0.2, 0.25) is 5.02 Å². The maximum Gasteiger partial charge on any atom is 0.330 e. The number of fused-ring (bicyclic) bond motifs is 14. The topological polar surface area (TPSA) is 561 Å². The smallest absolute Gasteiger partial charge is 0.330 e. The molecule has 22 N–H and O–H groups in total. The fourth-order valence-electron chi connectivity index (χ4n) is 16.2. The van der Waals surface area contributed by atoms with E-state index in [0.29, 0.717) is 0 Å². The van der Waals surface area contributed by atoms with Crippen LogP contribution in [0.1, 0.15) is 131 Å². The number of rotatable bonds is 19. The molecule has 0 aromatic heterocycles. The van der Waals surface area contributed by atoms with Gasteiger partial charge < -0.3 is 143 Å². The van der Waals surface area contributed by atoms with Crippen molar-refractivity contribution < 1.29 is 127 Å². The van der Waals surface area contributed by atoms with Gasteiger partial charge in [0, 0.05) is 53.2 Å². The van der Waals surface area contributed by atoms with E-state index in [4.69, 9.17) is 61.0 Å². The maximum absolute atomic E-state index is 16.6. The third-order valence-electron chi connectivity index (χ3n) is 22.8. The largest absolute Gasteiger partial charge is 0.508 e. The molecule has 3 saturated heterocycles. The van der Waals surface area contributed by atoms with Gasteiger partial charge >= 0.3 is 5.97 Å². The Morgan fingerprint density at radius 1 is 0.642 bits per heavy atom. The van der Waals surface area contributed by atoms with Gasteiger partial charge in [-0.1, -0.05) is 110 Å². The van der Waals surface area contributed by atoms with Gasteiger partial charge in [-0.25, -0.2) is 4.79 Å². The number of carbonyl (C=O) groups excluding carboxylic acids is 7.